The van der Waals surface area contributed by atoms with E-state index in [9.17, 15) is 0 Å². The highest BCUT2D eigenvalue weighted by atomic mass is 79.9. The number of allylic oxidation sites excluding steroid dienone is 2. The van der Waals surface area contributed by atoms with Crippen molar-refractivity contribution in [2.75, 3.05) is 6.54 Å². The summed E-state index contributed by atoms with van der Waals surface area (Å²) in [6, 6.07) is 0.808. The third-order valence-corrected chi connectivity index (χ3v) is 3.15. The van der Waals surface area contributed by atoms with Crippen LogP contribution in [0.15, 0.2) is 22.8 Å². The molecule has 0 spiro atoms. The van der Waals surface area contributed by atoms with Gasteiger partial charge in [0.25, 0.3) is 0 Å². The lowest BCUT2D eigenvalue weighted by Crippen LogP contribution is -2.29. The summed E-state index contributed by atoms with van der Waals surface area (Å²) in [4.78, 5) is 2.46. The monoisotopic (exact) mass is 227 g/mol. The van der Waals surface area contributed by atoms with Crippen LogP contribution in [0, 0.1) is 0 Å². The Morgan fingerprint density at radius 1 is 1.33 bits per heavy atom. The molecular formula is C10H14BrN. The molecule has 0 amide bonds. The summed E-state index contributed by atoms with van der Waals surface area (Å²) in [5, 5.41) is 0. The highest BCUT2D eigenvalue weighted by Crippen LogP contribution is 2.26. The first kappa shape index (κ1) is 8.36. The van der Waals surface area contributed by atoms with Crippen LogP contribution >= 0.6 is 15.9 Å². The third kappa shape index (κ3) is 1.74. The molecule has 1 saturated carbocycles. The zero-order chi connectivity index (χ0) is 8.39. The molecule has 1 heterocycles. The largest absolute Gasteiger partial charge is 0.370 e. The van der Waals surface area contributed by atoms with E-state index < -0.39 is 0 Å². The average molecular weight is 228 g/mol. The molecule has 0 saturated heterocycles. The predicted octanol–water partition coefficient (Wildman–Crippen LogP) is 3.04. The van der Waals surface area contributed by atoms with Gasteiger partial charge in [-0.05, 0) is 34.8 Å². The Morgan fingerprint density at radius 2 is 2.08 bits per heavy atom. The summed E-state index contributed by atoms with van der Waals surface area (Å²) in [5.74, 6) is 0. The zero-order valence-electron chi connectivity index (χ0n) is 7.17. The Morgan fingerprint density at radius 3 is 2.75 bits per heavy atom. The van der Waals surface area contributed by atoms with Gasteiger partial charge in [-0.2, -0.15) is 0 Å². The van der Waals surface area contributed by atoms with Gasteiger partial charge in [0, 0.05) is 23.3 Å². The fourth-order valence-corrected chi connectivity index (χ4v) is 2.48. The molecule has 0 atom stereocenters. The molecule has 1 aliphatic heterocycles. The Labute approximate surface area is 82.3 Å². The minimum Gasteiger partial charge on any atom is -0.370 e. The maximum absolute atomic E-state index is 3.51. The summed E-state index contributed by atoms with van der Waals surface area (Å²) >= 11 is 3.51. The summed E-state index contributed by atoms with van der Waals surface area (Å²) < 4.78 is 1.21. The molecule has 0 N–H and O–H groups in total. The quantitative estimate of drug-likeness (QED) is 0.666. The van der Waals surface area contributed by atoms with E-state index in [1.165, 1.54) is 30.2 Å². The molecule has 2 heteroatoms. The van der Waals surface area contributed by atoms with Crippen molar-refractivity contribution >= 4 is 15.9 Å². The molecule has 0 unspecified atom stereocenters. The van der Waals surface area contributed by atoms with Gasteiger partial charge >= 0.3 is 0 Å². The number of rotatable bonds is 1. The lowest BCUT2D eigenvalue weighted by atomic mass is 10.2. The summed E-state index contributed by atoms with van der Waals surface area (Å²) in [7, 11) is 0. The highest BCUT2D eigenvalue weighted by Gasteiger charge is 2.20. The second-order valence-electron chi connectivity index (χ2n) is 3.55. The van der Waals surface area contributed by atoms with Gasteiger partial charge in [0.2, 0.25) is 0 Å². The molecule has 0 bridgehead atoms. The fourth-order valence-electron chi connectivity index (χ4n) is 2.03. The van der Waals surface area contributed by atoms with E-state index in [4.69, 9.17) is 0 Å². The Kier molecular flexibility index (Phi) is 2.54. The number of hydrogen-bond acceptors (Lipinski definition) is 1. The summed E-state index contributed by atoms with van der Waals surface area (Å²) in [6.07, 6.45) is 12.2. The molecule has 2 rings (SSSR count). The van der Waals surface area contributed by atoms with Gasteiger partial charge in [-0.1, -0.05) is 18.9 Å². The number of halogens is 1. The molecule has 1 fully saturated rings. The van der Waals surface area contributed by atoms with Crippen LogP contribution in [0.25, 0.3) is 0 Å². The molecule has 0 aromatic rings. The highest BCUT2D eigenvalue weighted by molar-refractivity contribution is 9.11. The van der Waals surface area contributed by atoms with Crippen LogP contribution in [0.1, 0.15) is 25.7 Å². The Balaban J connectivity index is 2.00. The second-order valence-corrected chi connectivity index (χ2v) is 4.47. The zero-order valence-corrected chi connectivity index (χ0v) is 8.76. The summed E-state index contributed by atoms with van der Waals surface area (Å²) in [5.41, 5.74) is 0. The van der Waals surface area contributed by atoms with E-state index >= 15 is 0 Å². The second kappa shape index (κ2) is 3.65. The van der Waals surface area contributed by atoms with Crippen LogP contribution < -0.4 is 0 Å². The van der Waals surface area contributed by atoms with Crippen LogP contribution in [-0.2, 0) is 0 Å². The van der Waals surface area contributed by atoms with Gasteiger partial charge in [0.1, 0.15) is 0 Å². The number of hydrogen-bond donors (Lipinski definition) is 0. The minimum absolute atomic E-state index is 0.808. The van der Waals surface area contributed by atoms with Crippen molar-refractivity contribution < 1.29 is 0 Å². The van der Waals surface area contributed by atoms with Crippen LogP contribution in [0.4, 0.5) is 0 Å². The van der Waals surface area contributed by atoms with Crippen molar-refractivity contribution in [3.63, 3.8) is 0 Å². The molecule has 0 aromatic heterocycles. The summed E-state index contributed by atoms with van der Waals surface area (Å²) in [6.45, 7) is 1.10. The van der Waals surface area contributed by atoms with Crippen molar-refractivity contribution in [1.29, 1.82) is 0 Å². The normalized spacial score (nSPS) is 24.8. The van der Waals surface area contributed by atoms with Crippen molar-refractivity contribution in [1.82, 2.24) is 4.90 Å². The van der Waals surface area contributed by atoms with Gasteiger partial charge in [-0.15, -0.1) is 0 Å². The third-order valence-electron chi connectivity index (χ3n) is 2.68. The molecule has 66 valence electrons. The molecule has 2 aliphatic rings. The first-order valence-electron chi connectivity index (χ1n) is 4.66. The van der Waals surface area contributed by atoms with Crippen LogP contribution in [0.2, 0.25) is 0 Å². The lowest BCUT2D eigenvalue weighted by molar-refractivity contribution is 0.303. The molecular weight excluding hydrogens is 214 g/mol. The van der Waals surface area contributed by atoms with Gasteiger partial charge in [-0.25, -0.2) is 0 Å². The van der Waals surface area contributed by atoms with E-state index in [1.807, 2.05) is 0 Å². The van der Waals surface area contributed by atoms with Crippen molar-refractivity contribution in [3.8, 4) is 0 Å². The molecule has 1 nitrogen and oxygen atoms in total. The maximum Gasteiger partial charge on any atom is 0.0361 e. The van der Waals surface area contributed by atoms with E-state index in [0.717, 1.165) is 12.6 Å². The van der Waals surface area contributed by atoms with E-state index in [1.54, 1.807) is 0 Å². The fraction of sp³-hybridized carbons (Fsp3) is 0.600. The van der Waals surface area contributed by atoms with Crippen molar-refractivity contribution in [2.45, 2.75) is 31.7 Å². The molecule has 1 aliphatic carbocycles. The number of nitrogens with zero attached hydrogens (tertiary/aromatic N) is 1. The minimum atomic E-state index is 0.808. The van der Waals surface area contributed by atoms with Crippen molar-refractivity contribution in [2.24, 2.45) is 0 Å². The maximum atomic E-state index is 3.51. The van der Waals surface area contributed by atoms with E-state index in [-0.39, 0.29) is 0 Å². The van der Waals surface area contributed by atoms with E-state index in [2.05, 4.69) is 39.2 Å². The van der Waals surface area contributed by atoms with Gasteiger partial charge < -0.3 is 4.90 Å². The average Bonchev–Trinajstić information content (AvgIpc) is 2.56. The van der Waals surface area contributed by atoms with Crippen LogP contribution in [0.3, 0.4) is 0 Å². The van der Waals surface area contributed by atoms with Gasteiger partial charge in [0.05, 0.1) is 0 Å². The Hall–Kier alpha value is -0.240. The standard InChI is InChI=1S/C10H14BrN/c11-9-4-3-7-12(8-9)10-5-1-2-6-10/h3-4,8,10H,1-2,5-7H2. The SMILES string of the molecule is BrC1=CN(C2CCCC2)CC=C1. The first-order chi connectivity index (χ1) is 5.86. The Bertz CT molecular complexity index is 214. The van der Waals surface area contributed by atoms with Crippen molar-refractivity contribution in [3.05, 3.63) is 22.8 Å². The van der Waals surface area contributed by atoms with Gasteiger partial charge in [0.15, 0.2) is 0 Å². The molecule has 12 heavy (non-hydrogen) atoms. The molecule has 0 aromatic carbocycles. The van der Waals surface area contributed by atoms with Crippen LogP contribution in [0.5, 0.6) is 0 Å². The van der Waals surface area contributed by atoms with Crippen LogP contribution in [-0.4, -0.2) is 17.5 Å². The lowest BCUT2D eigenvalue weighted by Gasteiger charge is -2.28. The molecule has 0 radical (unpaired) electrons. The predicted molar refractivity (Wildman–Crippen MR) is 55.1 cm³/mol. The smallest absolute Gasteiger partial charge is 0.0361 e. The topological polar surface area (TPSA) is 3.24 Å². The van der Waals surface area contributed by atoms with Gasteiger partial charge in [-0.3, -0.25) is 0 Å². The first-order valence-corrected chi connectivity index (χ1v) is 5.45. The van der Waals surface area contributed by atoms with E-state index in [0.29, 0.717) is 0 Å².